The highest BCUT2D eigenvalue weighted by molar-refractivity contribution is 5.89. The summed E-state index contributed by atoms with van der Waals surface area (Å²) in [6, 6.07) is 12.9. The molecule has 0 bridgehead atoms. The van der Waals surface area contributed by atoms with E-state index in [-0.39, 0.29) is 18.8 Å². The van der Waals surface area contributed by atoms with Gasteiger partial charge in [-0.25, -0.2) is 9.59 Å². The summed E-state index contributed by atoms with van der Waals surface area (Å²) in [6.07, 6.45) is -0.746. The van der Waals surface area contributed by atoms with Gasteiger partial charge in [0.05, 0.1) is 0 Å². The summed E-state index contributed by atoms with van der Waals surface area (Å²) in [5.74, 6) is -1.80. The molecule has 0 fully saturated rings. The van der Waals surface area contributed by atoms with Crippen molar-refractivity contribution in [2.75, 3.05) is 0 Å². The van der Waals surface area contributed by atoms with E-state index < -0.39 is 30.1 Å². The minimum Gasteiger partial charge on any atom is -0.508 e. The van der Waals surface area contributed by atoms with Gasteiger partial charge in [0.2, 0.25) is 5.91 Å². The average Bonchev–Trinajstić information content (AvgIpc) is 2.68. The molecule has 4 N–H and O–H groups in total. The fourth-order valence-electron chi connectivity index (χ4n) is 2.37. The SMILES string of the molecule is CC(NC(=O)OCc1ccccc1)C(=O)NC(Cc1ccc(O)cc1)C(=O)O. The number of benzene rings is 2. The van der Waals surface area contributed by atoms with Crippen LogP contribution in [0.4, 0.5) is 4.79 Å². The van der Waals surface area contributed by atoms with Crippen LogP contribution in [-0.4, -0.2) is 40.3 Å². The molecule has 2 amide bonds. The highest BCUT2D eigenvalue weighted by Gasteiger charge is 2.24. The zero-order valence-electron chi connectivity index (χ0n) is 15.3. The van der Waals surface area contributed by atoms with Crippen LogP contribution in [0.15, 0.2) is 54.6 Å². The van der Waals surface area contributed by atoms with Gasteiger partial charge in [-0.3, -0.25) is 4.79 Å². The number of phenols is 1. The van der Waals surface area contributed by atoms with E-state index in [9.17, 15) is 24.6 Å². The summed E-state index contributed by atoms with van der Waals surface area (Å²) < 4.78 is 5.04. The molecule has 28 heavy (non-hydrogen) atoms. The first-order valence-corrected chi connectivity index (χ1v) is 8.63. The Bertz CT molecular complexity index is 807. The number of carbonyl (C=O) groups excluding carboxylic acids is 2. The molecule has 0 saturated carbocycles. The van der Waals surface area contributed by atoms with Crippen molar-refractivity contribution in [1.29, 1.82) is 0 Å². The Morgan fingerprint density at radius 2 is 1.61 bits per heavy atom. The van der Waals surface area contributed by atoms with Crippen LogP contribution >= 0.6 is 0 Å². The number of nitrogens with one attached hydrogen (secondary N) is 2. The van der Waals surface area contributed by atoms with E-state index in [1.54, 1.807) is 24.3 Å². The highest BCUT2D eigenvalue weighted by atomic mass is 16.5. The lowest BCUT2D eigenvalue weighted by Gasteiger charge is -2.19. The number of carbonyl (C=O) groups is 3. The topological polar surface area (TPSA) is 125 Å². The molecule has 8 nitrogen and oxygen atoms in total. The lowest BCUT2D eigenvalue weighted by atomic mass is 10.1. The van der Waals surface area contributed by atoms with Crippen LogP contribution in [0, 0.1) is 0 Å². The third-order valence-electron chi connectivity index (χ3n) is 3.93. The van der Waals surface area contributed by atoms with Gasteiger partial charge >= 0.3 is 12.1 Å². The molecule has 0 aromatic heterocycles. The number of aromatic hydroxyl groups is 1. The third kappa shape index (κ3) is 6.64. The number of aliphatic carboxylic acids is 1. The fraction of sp³-hybridized carbons (Fsp3) is 0.250. The Balaban J connectivity index is 1.85. The average molecular weight is 386 g/mol. The van der Waals surface area contributed by atoms with Crippen molar-refractivity contribution in [3.63, 3.8) is 0 Å². The molecular weight excluding hydrogens is 364 g/mol. The first kappa shape index (κ1) is 20.8. The predicted octanol–water partition coefficient (Wildman–Crippen LogP) is 1.82. The quantitative estimate of drug-likeness (QED) is 0.548. The van der Waals surface area contributed by atoms with Gasteiger partial charge in [-0.2, -0.15) is 0 Å². The summed E-state index contributed by atoms with van der Waals surface area (Å²) in [6.45, 7) is 1.48. The maximum absolute atomic E-state index is 12.2. The number of amides is 2. The number of carboxylic acids is 1. The predicted molar refractivity (Wildman–Crippen MR) is 101 cm³/mol. The van der Waals surface area contributed by atoms with Crippen LogP contribution in [0.25, 0.3) is 0 Å². The molecular formula is C20H22N2O6. The largest absolute Gasteiger partial charge is 0.508 e. The van der Waals surface area contributed by atoms with E-state index in [1.807, 2.05) is 18.2 Å². The zero-order chi connectivity index (χ0) is 20.5. The van der Waals surface area contributed by atoms with Gasteiger partial charge in [-0.1, -0.05) is 42.5 Å². The first-order chi connectivity index (χ1) is 13.3. The molecule has 0 radical (unpaired) electrons. The maximum Gasteiger partial charge on any atom is 0.408 e. The van der Waals surface area contributed by atoms with Crippen LogP contribution in [0.1, 0.15) is 18.1 Å². The van der Waals surface area contributed by atoms with Gasteiger partial charge in [-0.05, 0) is 30.2 Å². The molecule has 0 aliphatic carbocycles. The Kier molecular flexibility index (Phi) is 7.38. The van der Waals surface area contributed by atoms with Crippen molar-refractivity contribution in [3.8, 4) is 5.75 Å². The summed E-state index contributed by atoms with van der Waals surface area (Å²) in [5, 5.41) is 23.4. The van der Waals surface area contributed by atoms with E-state index in [4.69, 9.17) is 4.74 Å². The van der Waals surface area contributed by atoms with Crippen molar-refractivity contribution < 1.29 is 29.3 Å². The molecule has 2 unspecified atom stereocenters. The van der Waals surface area contributed by atoms with E-state index >= 15 is 0 Å². The van der Waals surface area contributed by atoms with Crippen LogP contribution in [0.5, 0.6) is 5.75 Å². The number of alkyl carbamates (subject to hydrolysis) is 1. The summed E-state index contributed by atoms with van der Waals surface area (Å²) in [7, 11) is 0. The van der Waals surface area contributed by atoms with Crippen molar-refractivity contribution in [2.24, 2.45) is 0 Å². The number of hydrogen-bond donors (Lipinski definition) is 4. The Morgan fingerprint density at radius 3 is 2.21 bits per heavy atom. The summed E-state index contributed by atoms with van der Waals surface area (Å²) in [4.78, 5) is 35.5. The highest BCUT2D eigenvalue weighted by Crippen LogP contribution is 2.11. The lowest BCUT2D eigenvalue weighted by Crippen LogP contribution is -2.51. The van der Waals surface area contributed by atoms with Crippen molar-refractivity contribution in [2.45, 2.75) is 32.0 Å². The molecule has 0 saturated heterocycles. The smallest absolute Gasteiger partial charge is 0.408 e. The number of hydrogen-bond acceptors (Lipinski definition) is 5. The van der Waals surface area contributed by atoms with E-state index in [2.05, 4.69) is 10.6 Å². The van der Waals surface area contributed by atoms with E-state index in [0.717, 1.165) is 5.56 Å². The molecule has 148 valence electrons. The van der Waals surface area contributed by atoms with Crippen LogP contribution in [0.2, 0.25) is 0 Å². The second-order valence-corrected chi connectivity index (χ2v) is 6.20. The van der Waals surface area contributed by atoms with Crippen molar-refractivity contribution in [3.05, 3.63) is 65.7 Å². The van der Waals surface area contributed by atoms with E-state index in [0.29, 0.717) is 5.56 Å². The number of carboxylic acid groups (broad SMARTS) is 1. The normalized spacial score (nSPS) is 12.5. The lowest BCUT2D eigenvalue weighted by molar-refractivity contribution is -0.142. The minimum absolute atomic E-state index is 0.0343. The zero-order valence-corrected chi connectivity index (χ0v) is 15.3. The van der Waals surface area contributed by atoms with Crippen molar-refractivity contribution in [1.82, 2.24) is 10.6 Å². The monoisotopic (exact) mass is 386 g/mol. The summed E-state index contributed by atoms with van der Waals surface area (Å²) >= 11 is 0. The molecule has 0 heterocycles. The van der Waals surface area contributed by atoms with E-state index in [1.165, 1.54) is 19.1 Å². The van der Waals surface area contributed by atoms with Crippen LogP contribution in [-0.2, 0) is 27.4 Å². The van der Waals surface area contributed by atoms with Gasteiger partial charge in [0.25, 0.3) is 0 Å². The Labute approximate surface area is 162 Å². The molecule has 2 rings (SSSR count). The molecule has 0 aliphatic heterocycles. The van der Waals surface area contributed by atoms with Crippen LogP contribution in [0.3, 0.4) is 0 Å². The first-order valence-electron chi connectivity index (χ1n) is 8.63. The molecule has 2 aromatic rings. The standard InChI is InChI=1S/C20H22N2O6/c1-13(21-20(27)28-12-15-5-3-2-4-6-15)18(24)22-17(19(25)26)11-14-7-9-16(23)10-8-14/h2-10,13,17,23H,11-12H2,1H3,(H,21,27)(H,22,24)(H,25,26). The second-order valence-electron chi connectivity index (χ2n) is 6.20. The van der Waals surface area contributed by atoms with Crippen LogP contribution < -0.4 is 10.6 Å². The minimum atomic E-state index is -1.21. The second kappa shape index (κ2) is 9.96. The third-order valence-corrected chi connectivity index (χ3v) is 3.93. The number of ether oxygens (including phenoxy) is 1. The molecule has 0 aliphatic rings. The molecule has 8 heteroatoms. The fourth-order valence-corrected chi connectivity index (χ4v) is 2.37. The Morgan fingerprint density at radius 1 is 0.964 bits per heavy atom. The van der Waals surface area contributed by atoms with Gasteiger partial charge in [0.1, 0.15) is 24.4 Å². The van der Waals surface area contributed by atoms with Gasteiger partial charge in [0.15, 0.2) is 0 Å². The van der Waals surface area contributed by atoms with Gasteiger partial charge in [0, 0.05) is 6.42 Å². The van der Waals surface area contributed by atoms with Gasteiger partial charge < -0.3 is 25.6 Å². The maximum atomic E-state index is 12.2. The van der Waals surface area contributed by atoms with Crippen molar-refractivity contribution >= 4 is 18.0 Å². The number of phenolic OH excluding ortho intramolecular Hbond substituents is 1. The summed E-state index contributed by atoms with van der Waals surface area (Å²) in [5.41, 5.74) is 1.43. The molecule has 0 spiro atoms. The molecule has 2 aromatic carbocycles. The number of rotatable bonds is 8. The van der Waals surface area contributed by atoms with Gasteiger partial charge in [-0.15, -0.1) is 0 Å². The Hall–Kier alpha value is -3.55. The molecule has 2 atom stereocenters.